The average Bonchev–Trinajstić information content (AvgIpc) is 0.809. The van der Waals surface area contributed by atoms with E-state index < -0.39 is 92.1 Å². The molecule has 0 spiro atoms. The molecule has 40 nitrogen and oxygen atoms in total. The molecule has 4 aliphatic heterocycles. The number of hydrogen-bond acceptors (Lipinski definition) is 29. The van der Waals surface area contributed by atoms with E-state index in [2.05, 4.69) is 103 Å². The quantitative estimate of drug-likeness (QED) is 0.0157. The number of methoxy groups -OCH3 is 8. The van der Waals surface area contributed by atoms with Gasteiger partial charge in [-0.25, -0.2) is 69.8 Å². The van der Waals surface area contributed by atoms with Gasteiger partial charge in [-0.05, 0) is 68.7 Å². The molecule has 4 aromatic carbocycles. The Balaban J connectivity index is 0.000000167. The molecule has 0 saturated heterocycles. The predicted molar refractivity (Wildman–Crippen MR) is 552 cm³/mol. The van der Waals surface area contributed by atoms with E-state index in [0.717, 1.165) is 102 Å². The van der Waals surface area contributed by atoms with Crippen LogP contribution >= 0.6 is 46.4 Å². The predicted octanol–water partition coefficient (Wildman–Crippen LogP) is 17.7. The number of fused-ring (bicyclic) bond motifs is 4. The van der Waals surface area contributed by atoms with Gasteiger partial charge in [-0.3, -0.25) is 63.1 Å². The van der Waals surface area contributed by atoms with Crippen molar-refractivity contribution in [3.05, 3.63) is 178 Å². The number of alkyl halides is 5. The Labute approximate surface area is 878 Å². The number of nitrogens with one attached hydrogen (secondary N) is 6. The Kier molecular flexibility index (Phi) is 38.0. The molecule has 9 heterocycles. The summed E-state index contributed by atoms with van der Waals surface area (Å²) in [6.07, 6.45) is 17.8. The first-order valence-electron chi connectivity index (χ1n) is 47.2. The number of rotatable bonds is 36. The minimum atomic E-state index is -2.96. The van der Waals surface area contributed by atoms with Crippen LogP contribution < -0.4 is 109 Å². The molecule has 16 rings (SSSR count). The van der Waals surface area contributed by atoms with E-state index in [1.54, 1.807) is 61.6 Å². The number of anilines is 13. The normalized spacial score (nSPS) is 17.6. The van der Waals surface area contributed by atoms with E-state index in [4.69, 9.17) is 84.3 Å². The van der Waals surface area contributed by atoms with Gasteiger partial charge in [0, 0.05) is 140 Å². The second-order valence-electron chi connectivity index (χ2n) is 34.9. The number of aryl methyl sites for hydroxylation is 1. The van der Waals surface area contributed by atoms with Crippen LogP contribution in [0.2, 0.25) is 20.1 Å². The third-order valence-corrected chi connectivity index (χ3v) is 27.1. The average molecular weight is 2170 g/mol. The second kappa shape index (κ2) is 50.8. The molecule has 3 fully saturated rings. The topological polar surface area (TPSA) is 429 Å². The number of benzene rings is 4. The standard InChI is InChI=1S/C26H29F4N5O4.C25H29ClF2N6O4.C25H30ClFN6O4.C23H23Cl2N7O4/c1-4-16(36)9-14-7-5-6-8-17(14)32-25-31-11-15-12-34(26(37)35(13-20(27)28)24(15)33-25)23-21(29)18(38-2)10-19(39-3)22(23)30;1-4-21(35)30-16-7-5-6-8-17(16)31-24-29-11-14-12-33(25(36)34(13-20(27)28)23(14)32-24)18-9-15(37-2)10-19(38-3)22(18)26;1-4-21(34)29-17-7-5-6-8-18(17)30-24-28-13-15-14-33(25(35)32(10-9-27)23(15)31-24)19-11-16(36-2)12-20(37-3)22(19)26;1-6-13(33)7-14-15(11-30(2)29-14)27-22-26-9-12-10-32(23(34)31(3)21(12)28-22)20-18(24)16(35-4)8-17(36-5)19(20)25/h4,10-11,14,17,20H,1,5-9,12-13H2,2-3H3,(H,31,32,33);4,9-11,16-17,20H,1,5-8,12-13H2,2-3H3,(H,30,35)(H,29,31,32);4,11-13,17-18H,1,5-10,14H2,2-3H3,(H,29,34)(H,28,30,31);6,8-9,11H,1,7,10H2,2-5H3,(H,26,27,28). The molecular weight excluding hydrogens is 2060 g/mol. The highest BCUT2D eigenvalue weighted by atomic mass is 35.5. The third-order valence-electron chi connectivity index (χ3n) is 25.6. The van der Waals surface area contributed by atoms with Crippen molar-refractivity contribution in [1.82, 2.24) is 60.3 Å². The van der Waals surface area contributed by atoms with E-state index in [1.807, 2.05) is 0 Å². The van der Waals surface area contributed by atoms with Crippen LogP contribution in [0.15, 0.2) is 118 Å². The fraction of sp³-hybridized carbons (Fsp3) is 0.404. The van der Waals surface area contributed by atoms with E-state index in [9.17, 15) is 60.3 Å². The Hall–Kier alpha value is -15.0. The maximum absolute atomic E-state index is 15.2. The molecule has 51 heteroatoms. The van der Waals surface area contributed by atoms with Gasteiger partial charge in [-0.15, -0.1) is 0 Å². The number of carbonyl (C=O) groups excluding carboxylic acids is 8. The lowest BCUT2D eigenvalue weighted by Crippen LogP contribution is -2.50. The maximum atomic E-state index is 15.2. The first kappa shape index (κ1) is 112. The van der Waals surface area contributed by atoms with Crippen LogP contribution in [0.5, 0.6) is 46.0 Å². The van der Waals surface area contributed by atoms with Crippen molar-refractivity contribution in [3.63, 3.8) is 0 Å². The Morgan fingerprint density at radius 3 is 1.24 bits per heavy atom. The second-order valence-corrected chi connectivity index (χ2v) is 36.4. The van der Waals surface area contributed by atoms with Crippen molar-refractivity contribution in [2.24, 2.45) is 13.0 Å². The monoisotopic (exact) mass is 2160 g/mol. The summed E-state index contributed by atoms with van der Waals surface area (Å²) in [4.78, 5) is 146. The van der Waals surface area contributed by atoms with Crippen molar-refractivity contribution in [1.29, 1.82) is 0 Å². The summed E-state index contributed by atoms with van der Waals surface area (Å²) in [5.41, 5.74) is 3.08. The Bertz CT molecular complexity index is 6510. The van der Waals surface area contributed by atoms with E-state index >= 15 is 8.78 Å². The number of halogens is 11. The van der Waals surface area contributed by atoms with Gasteiger partial charge in [0.05, 0.1) is 138 Å². The first-order valence-corrected chi connectivity index (χ1v) is 48.7. The highest BCUT2D eigenvalue weighted by molar-refractivity contribution is 6.42. The number of aromatic nitrogens is 10. The lowest BCUT2D eigenvalue weighted by Gasteiger charge is -2.37. The van der Waals surface area contributed by atoms with Crippen molar-refractivity contribution < 1.29 is 107 Å². The molecule has 0 radical (unpaired) electrons. The van der Waals surface area contributed by atoms with Crippen LogP contribution in [0.3, 0.4) is 0 Å². The Morgan fingerprint density at radius 1 is 0.440 bits per heavy atom. The minimum Gasteiger partial charge on any atom is -0.497 e. The molecule has 150 heavy (non-hydrogen) atoms. The van der Waals surface area contributed by atoms with Crippen LogP contribution in [0, 0.1) is 17.6 Å². The van der Waals surface area contributed by atoms with Crippen molar-refractivity contribution in [3.8, 4) is 46.0 Å². The fourth-order valence-corrected chi connectivity index (χ4v) is 19.4. The molecule has 10 amide bonds. The van der Waals surface area contributed by atoms with Crippen LogP contribution in [-0.2, 0) is 58.8 Å². The number of allylic oxidation sites excluding steroid dienone is 2. The summed E-state index contributed by atoms with van der Waals surface area (Å²) in [6.45, 7) is 11.0. The lowest BCUT2D eigenvalue weighted by atomic mass is 9.81. The van der Waals surface area contributed by atoms with Gasteiger partial charge in [0.15, 0.2) is 34.7 Å². The van der Waals surface area contributed by atoms with E-state index in [1.165, 1.54) is 110 Å². The van der Waals surface area contributed by atoms with Crippen LogP contribution in [0.4, 0.5) is 125 Å². The number of nitrogens with zero attached hydrogens (tertiary/aromatic N) is 18. The molecule has 9 aromatic rings. The van der Waals surface area contributed by atoms with Crippen molar-refractivity contribution >= 4 is 169 Å². The van der Waals surface area contributed by atoms with Gasteiger partial charge >= 0.3 is 24.1 Å². The van der Waals surface area contributed by atoms with Gasteiger partial charge in [0.25, 0.3) is 12.9 Å². The zero-order chi connectivity index (χ0) is 108. The maximum Gasteiger partial charge on any atom is 0.330 e. The number of ketones is 2. The molecule has 7 aliphatic rings. The van der Waals surface area contributed by atoms with E-state index in [-0.39, 0.29) is 164 Å². The zero-order valence-corrected chi connectivity index (χ0v) is 86.4. The first-order chi connectivity index (χ1) is 72.0. The molecule has 800 valence electrons. The molecule has 6 unspecified atom stereocenters. The molecule has 5 aromatic heterocycles. The zero-order valence-electron chi connectivity index (χ0n) is 83.4. The van der Waals surface area contributed by atoms with E-state index in [0.29, 0.717) is 96.3 Å². The number of hydrogen-bond donors (Lipinski definition) is 6. The van der Waals surface area contributed by atoms with Crippen molar-refractivity contribution in [2.45, 2.75) is 159 Å². The number of amides is 10. The van der Waals surface area contributed by atoms with Gasteiger partial charge in [0.2, 0.25) is 35.6 Å². The molecule has 6 atom stereocenters. The van der Waals surface area contributed by atoms with Crippen LogP contribution in [-0.4, -0.2) is 230 Å². The highest BCUT2D eigenvalue weighted by Crippen LogP contribution is 2.51. The summed E-state index contributed by atoms with van der Waals surface area (Å²) in [5, 5.41) is 23.7. The van der Waals surface area contributed by atoms with Crippen LogP contribution in [0.25, 0.3) is 0 Å². The molecule has 6 N–H and O–H groups in total. The summed E-state index contributed by atoms with van der Waals surface area (Å²) in [6, 6.07) is 5.44. The number of ether oxygens (including phenoxy) is 8. The molecule has 3 aliphatic carbocycles. The number of carbonyl (C=O) groups is 8. The third kappa shape index (κ3) is 25.6. The van der Waals surface area contributed by atoms with Gasteiger partial charge in [-0.2, -0.15) is 25.0 Å². The summed E-state index contributed by atoms with van der Waals surface area (Å²) in [7, 11) is 14.4. The molecular formula is C99H111Cl4F7N24O16. The SMILES string of the molecule is C=CC(=O)CC1CCCCC1Nc1ncc2c(n1)N(CC(F)F)C(=O)N(c1c(F)c(OC)cc(OC)c1F)C2.C=CC(=O)Cc1nn(C)cc1Nc1ncc2c(n1)N(C)C(=O)N(c1c(Cl)c(OC)cc(OC)c1Cl)C2.C=CC(=O)NC1CCCCC1Nc1ncc2c(n1)N(CC(F)F)C(=O)N(c1cc(OC)cc(OC)c1Cl)C2.C=CC(=O)NC1CCCCC1Nc1ncc2c(n1)N(CCF)C(=O)N(c1cc(OC)cc(OC)c1Cl)C2. The highest BCUT2D eigenvalue weighted by Gasteiger charge is 2.44. The van der Waals surface area contributed by atoms with Crippen molar-refractivity contribution in [2.75, 3.05) is 151 Å². The van der Waals surface area contributed by atoms with Gasteiger partial charge in [0.1, 0.15) is 90.2 Å². The largest absolute Gasteiger partial charge is 0.497 e. The summed E-state index contributed by atoms with van der Waals surface area (Å²) < 4.78 is 142. The van der Waals surface area contributed by atoms with Crippen LogP contribution in [0.1, 0.15) is 111 Å². The number of urea groups is 4. The minimum absolute atomic E-state index is 0.00663. The summed E-state index contributed by atoms with van der Waals surface area (Å²) in [5.74, 6) is -0.353. The summed E-state index contributed by atoms with van der Waals surface area (Å²) >= 11 is 26.1. The van der Waals surface area contributed by atoms with Gasteiger partial charge < -0.3 is 69.8 Å². The van der Waals surface area contributed by atoms with Gasteiger partial charge in [-0.1, -0.05) is 111 Å². The smallest absolute Gasteiger partial charge is 0.330 e. The molecule has 3 saturated carbocycles. The Morgan fingerprint density at radius 2 is 0.813 bits per heavy atom. The molecule has 0 bridgehead atoms. The lowest BCUT2D eigenvalue weighted by molar-refractivity contribution is -0.118. The fourth-order valence-electron chi connectivity index (χ4n) is 18.2.